The van der Waals surface area contributed by atoms with E-state index in [-0.39, 0.29) is 20.4 Å². The molecule has 6 aromatic rings. The zero-order valence-electron chi connectivity index (χ0n) is 15.3. The minimum Gasteiger partial charge on any atom is -0.254 e. The van der Waals surface area contributed by atoms with Gasteiger partial charge in [0.2, 0.25) is 0 Å². The number of pyridine rings is 4. The van der Waals surface area contributed by atoms with E-state index in [4.69, 9.17) is 0 Å². The molecule has 0 bridgehead atoms. The second-order valence-corrected chi connectivity index (χ2v) is 6.43. The molecule has 29 heavy (non-hydrogen) atoms. The van der Waals surface area contributed by atoms with Crippen LogP contribution in [0.5, 0.6) is 0 Å². The number of benzene rings is 2. The van der Waals surface area contributed by atoms with Gasteiger partial charge in [0.1, 0.15) is 0 Å². The first kappa shape index (κ1) is 19.1. The van der Waals surface area contributed by atoms with Crippen LogP contribution >= 0.6 is 0 Å². The van der Waals surface area contributed by atoms with Crippen molar-refractivity contribution in [3.63, 3.8) is 0 Å². The van der Waals surface area contributed by atoms with Crippen LogP contribution in [0, 0.1) is 0 Å². The number of nitrogens with zero attached hydrogens (tertiary/aromatic N) is 4. The standard InChI is InChI=1S/2C12H8N2.Pd/c2*1-3-9-5-6-10-4-2-8-14-12(10)11(9)13-7-1;/h2*1-8H;. The number of fused-ring (bicyclic) bond motifs is 6. The predicted molar refractivity (Wildman–Crippen MR) is 114 cm³/mol. The molecule has 142 valence electrons. The van der Waals surface area contributed by atoms with E-state index < -0.39 is 0 Å². The molecule has 0 unspecified atom stereocenters. The SMILES string of the molecule is [Pd].c1cnc2c(c1)ccc1cccnc12.c1cnc2c(c1)ccc1cccnc12. The van der Waals surface area contributed by atoms with Crippen molar-refractivity contribution in [3.05, 3.63) is 97.6 Å². The Hall–Kier alpha value is -3.26. The van der Waals surface area contributed by atoms with Crippen molar-refractivity contribution in [1.29, 1.82) is 0 Å². The largest absolute Gasteiger partial charge is 0.254 e. The minimum absolute atomic E-state index is 0. The van der Waals surface area contributed by atoms with E-state index in [2.05, 4.69) is 68.5 Å². The summed E-state index contributed by atoms with van der Waals surface area (Å²) in [7, 11) is 0. The normalized spacial score (nSPS) is 10.5. The molecule has 0 amide bonds. The van der Waals surface area contributed by atoms with Gasteiger partial charge in [-0.2, -0.15) is 0 Å². The summed E-state index contributed by atoms with van der Waals surface area (Å²) in [6.07, 6.45) is 7.21. The first-order valence-corrected chi connectivity index (χ1v) is 9.07. The van der Waals surface area contributed by atoms with Crippen LogP contribution in [0.15, 0.2) is 97.6 Å². The Kier molecular flexibility index (Phi) is 5.53. The van der Waals surface area contributed by atoms with Crippen LogP contribution in [0.25, 0.3) is 43.6 Å². The zero-order chi connectivity index (χ0) is 18.8. The summed E-state index contributed by atoms with van der Waals surface area (Å²) in [4.78, 5) is 17.4. The van der Waals surface area contributed by atoms with Gasteiger partial charge in [0, 0.05) is 66.8 Å². The third kappa shape index (κ3) is 3.71. The van der Waals surface area contributed by atoms with Crippen molar-refractivity contribution in [2.75, 3.05) is 0 Å². The van der Waals surface area contributed by atoms with E-state index in [0.717, 1.165) is 43.6 Å². The molecule has 0 aliphatic rings. The summed E-state index contributed by atoms with van der Waals surface area (Å²) in [5.74, 6) is 0. The van der Waals surface area contributed by atoms with Crippen LogP contribution < -0.4 is 0 Å². The minimum atomic E-state index is 0. The molecule has 6 rings (SSSR count). The van der Waals surface area contributed by atoms with Crippen LogP contribution in [0.4, 0.5) is 0 Å². The molecule has 0 saturated carbocycles. The van der Waals surface area contributed by atoms with E-state index >= 15 is 0 Å². The molecule has 2 aromatic carbocycles. The summed E-state index contributed by atoms with van der Waals surface area (Å²) in [5.41, 5.74) is 3.91. The zero-order valence-corrected chi connectivity index (χ0v) is 16.9. The van der Waals surface area contributed by atoms with Crippen molar-refractivity contribution in [1.82, 2.24) is 19.9 Å². The van der Waals surface area contributed by atoms with Gasteiger partial charge in [-0.15, -0.1) is 0 Å². The second kappa shape index (κ2) is 8.40. The third-order valence-corrected chi connectivity index (χ3v) is 4.69. The maximum atomic E-state index is 4.35. The second-order valence-electron chi connectivity index (χ2n) is 6.43. The van der Waals surface area contributed by atoms with E-state index in [1.165, 1.54) is 0 Å². The molecule has 0 fully saturated rings. The predicted octanol–water partition coefficient (Wildman–Crippen LogP) is 5.56. The fourth-order valence-corrected chi connectivity index (χ4v) is 3.36. The Morgan fingerprint density at radius 2 is 0.586 bits per heavy atom. The van der Waals surface area contributed by atoms with Crippen LogP contribution in [0.1, 0.15) is 0 Å². The van der Waals surface area contributed by atoms with Crippen molar-refractivity contribution in [3.8, 4) is 0 Å². The third-order valence-electron chi connectivity index (χ3n) is 4.69. The van der Waals surface area contributed by atoms with Crippen LogP contribution in [0.3, 0.4) is 0 Å². The average Bonchev–Trinajstić information content (AvgIpc) is 2.79. The molecule has 0 N–H and O–H groups in total. The number of hydrogen-bond acceptors (Lipinski definition) is 4. The molecule has 4 heterocycles. The first-order chi connectivity index (χ1) is 13.9. The molecule has 0 aliphatic carbocycles. The van der Waals surface area contributed by atoms with Crippen LogP contribution in [-0.2, 0) is 20.4 Å². The fraction of sp³-hybridized carbons (Fsp3) is 0. The molecule has 0 spiro atoms. The van der Waals surface area contributed by atoms with Crippen LogP contribution in [0.2, 0.25) is 0 Å². The molecule has 0 aliphatic heterocycles. The Labute approximate surface area is 181 Å². The van der Waals surface area contributed by atoms with E-state index in [9.17, 15) is 0 Å². The van der Waals surface area contributed by atoms with Crippen LogP contribution in [-0.4, -0.2) is 19.9 Å². The van der Waals surface area contributed by atoms with Crippen molar-refractivity contribution >= 4 is 43.6 Å². The first-order valence-electron chi connectivity index (χ1n) is 9.07. The molecule has 0 saturated heterocycles. The summed E-state index contributed by atoms with van der Waals surface area (Å²) in [6.45, 7) is 0. The maximum absolute atomic E-state index is 4.35. The average molecular weight is 467 g/mol. The molecule has 0 radical (unpaired) electrons. The number of hydrogen-bond donors (Lipinski definition) is 0. The monoisotopic (exact) mass is 466 g/mol. The summed E-state index contributed by atoms with van der Waals surface area (Å²) < 4.78 is 0. The summed E-state index contributed by atoms with van der Waals surface area (Å²) >= 11 is 0. The fourth-order valence-electron chi connectivity index (χ4n) is 3.36. The molecular formula is C24H16N4Pd. The van der Waals surface area contributed by atoms with E-state index in [1.807, 2.05) is 24.3 Å². The van der Waals surface area contributed by atoms with Gasteiger partial charge >= 0.3 is 0 Å². The Balaban J connectivity index is 0.000000137. The molecule has 5 heteroatoms. The molecular weight excluding hydrogens is 451 g/mol. The van der Waals surface area contributed by atoms with Gasteiger partial charge < -0.3 is 0 Å². The summed E-state index contributed by atoms with van der Waals surface area (Å²) in [6, 6.07) is 24.3. The van der Waals surface area contributed by atoms with Gasteiger partial charge in [0.05, 0.1) is 22.1 Å². The van der Waals surface area contributed by atoms with Crippen molar-refractivity contribution in [2.45, 2.75) is 0 Å². The summed E-state index contributed by atoms with van der Waals surface area (Å²) in [5, 5.41) is 4.55. The van der Waals surface area contributed by atoms with E-state index in [1.54, 1.807) is 24.8 Å². The van der Waals surface area contributed by atoms with Gasteiger partial charge in [-0.25, -0.2) is 0 Å². The molecule has 0 atom stereocenters. The Bertz CT molecular complexity index is 1210. The van der Waals surface area contributed by atoms with E-state index in [0.29, 0.717) is 0 Å². The van der Waals surface area contributed by atoms with Gasteiger partial charge in [0.15, 0.2) is 0 Å². The molecule has 4 aromatic heterocycles. The van der Waals surface area contributed by atoms with Gasteiger partial charge in [-0.3, -0.25) is 19.9 Å². The molecule has 4 nitrogen and oxygen atoms in total. The number of aromatic nitrogens is 4. The quantitative estimate of drug-likeness (QED) is 0.217. The maximum Gasteiger partial charge on any atom is 0.0964 e. The van der Waals surface area contributed by atoms with Gasteiger partial charge in [0.25, 0.3) is 0 Å². The smallest absolute Gasteiger partial charge is 0.0964 e. The van der Waals surface area contributed by atoms with Gasteiger partial charge in [-0.1, -0.05) is 48.5 Å². The van der Waals surface area contributed by atoms with Crippen molar-refractivity contribution < 1.29 is 20.4 Å². The topological polar surface area (TPSA) is 51.6 Å². The Morgan fingerprint density at radius 3 is 0.828 bits per heavy atom. The van der Waals surface area contributed by atoms with Crippen molar-refractivity contribution in [2.24, 2.45) is 0 Å². The van der Waals surface area contributed by atoms with Gasteiger partial charge in [-0.05, 0) is 24.3 Å². The number of rotatable bonds is 0. The Morgan fingerprint density at radius 1 is 0.345 bits per heavy atom.